The monoisotopic (exact) mass is 257 g/mol. The molecular formula is C14H12FN3O. The lowest BCUT2D eigenvalue weighted by Gasteiger charge is -2.33. The lowest BCUT2D eigenvalue weighted by molar-refractivity contribution is -0.120. The van der Waals surface area contributed by atoms with Crippen LogP contribution in [0.5, 0.6) is 0 Å². The molecule has 19 heavy (non-hydrogen) atoms. The maximum Gasteiger partial charge on any atom is 0.243 e. The van der Waals surface area contributed by atoms with Crippen LogP contribution in [0.2, 0.25) is 0 Å². The standard InChI is InChI=1S/C14H12FN3O/c15-10-6-2-4-8-12(10)18-13(19)9-5-1-3-7-11(9)17-14(18)16/h1-9,11H,(H2,16,17). The van der Waals surface area contributed by atoms with Crippen LogP contribution in [0.3, 0.4) is 0 Å². The van der Waals surface area contributed by atoms with Gasteiger partial charge in [-0.25, -0.2) is 14.3 Å². The van der Waals surface area contributed by atoms with Gasteiger partial charge in [-0.1, -0.05) is 36.4 Å². The first kappa shape index (κ1) is 11.6. The Kier molecular flexibility index (Phi) is 2.67. The van der Waals surface area contributed by atoms with E-state index in [1.165, 1.54) is 12.1 Å². The molecule has 0 saturated heterocycles. The van der Waals surface area contributed by atoms with Crippen molar-refractivity contribution < 1.29 is 9.18 Å². The van der Waals surface area contributed by atoms with E-state index in [9.17, 15) is 9.18 Å². The molecule has 3 rings (SSSR count). The van der Waals surface area contributed by atoms with Crippen LogP contribution < -0.4 is 10.6 Å². The molecule has 0 bridgehead atoms. The molecule has 4 nitrogen and oxygen atoms in total. The molecule has 0 saturated carbocycles. The van der Waals surface area contributed by atoms with Crippen LogP contribution in [0.1, 0.15) is 0 Å². The SMILES string of the molecule is NC1=NC2C=CC=CC2C(=O)N1c1ccccc1F. The fourth-order valence-electron chi connectivity index (χ4n) is 2.29. The lowest BCUT2D eigenvalue weighted by Crippen LogP contribution is -2.52. The van der Waals surface area contributed by atoms with Crippen LogP contribution in [0.25, 0.3) is 0 Å². The van der Waals surface area contributed by atoms with Gasteiger partial charge in [0.1, 0.15) is 5.82 Å². The molecule has 2 N–H and O–H groups in total. The fraction of sp³-hybridized carbons (Fsp3) is 0.143. The third kappa shape index (κ3) is 1.83. The zero-order chi connectivity index (χ0) is 13.4. The zero-order valence-electron chi connectivity index (χ0n) is 10.0. The minimum Gasteiger partial charge on any atom is -0.369 e. The average Bonchev–Trinajstić information content (AvgIpc) is 2.41. The highest BCUT2D eigenvalue weighted by Crippen LogP contribution is 2.28. The summed E-state index contributed by atoms with van der Waals surface area (Å²) >= 11 is 0. The number of anilines is 1. The molecule has 1 aliphatic carbocycles. The van der Waals surface area contributed by atoms with Crippen molar-refractivity contribution in [2.24, 2.45) is 16.6 Å². The molecule has 0 spiro atoms. The molecule has 0 aromatic heterocycles. The van der Waals surface area contributed by atoms with Gasteiger partial charge in [0, 0.05) is 0 Å². The normalized spacial score (nSPS) is 25.2. The number of fused-ring (bicyclic) bond motifs is 1. The number of carbonyl (C=O) groups is 1. The number of benzene rings is 1. The number of carbonyl (C=O) groups excluding carboxylic acids is 1. The Hall–Kier alpha value is -2.43. The number of guanidine groups is 1. The summed E-state index contributed by atoms with van der Waals surface area (Å²) in [6.45, 7) is 0. The maximum absolute atomic E-state index is 13.8. The van der Waals surface area contributed by atoms with Crippen molar-refractivity contribution in [1.29, 1.82) is 0 Å². The maximum atomic E-state index is 13.8. The van der Waals surface area contributed by atoms with Gasteiger partial charge in [-0.3, -0.25) is 4.79 Å². The summed E-state index contributed by atoms with van der Waals surface area (Å²) < 4.78 is 13.8. The Labute approximate surface area is 109 Å². The number of nitrogens with zero attached hydrogens (tertiary/aromatic N) is 2. The summed E-state index contributed by atoms with van der Waals surface area (Å²) in [6.07, 6.45) is 7.19. The van der Waals surface area contributed by atoms with Crippen molar-refractivity contribution >= 4 is 17.6 Å². The van der Waals surface area contributed by atoms with E-state index in [1.54, 1.807) is 24.3 Å². The number of allylic oxidation sites excluding steroid dienone is 2. The molecule has 0 fully saturated rings. The van der Waals surface area contributed by atoms with Crippen LogP contribution in [0.4, 0.5) is 10.1 Å². The van der Waals surface area contributed by atoms with Crippen LogP contribution >= 0.6 is 0 Å². The largest absolute Gasteiger partial charge is 0.369 e. The van der Waals surface area contributed by atoms with Gasteiger partial charge in [-0.2, -0.15) is 0 Å². The van der Waals surface area contributed by atoms with Crippen LogP contribution in [-0.4, -0.2) is 17.9 Å². The van der Waals surface area contributed by atoms with E-state index < -0.39 is 11.7 Å². The van der Waals surface area contributed by atoms with Gasteiger partial charge in [0.15, 0.2) is 0 Å². The van der Waals surface area contributed by atoms with Crippen molar-refractivity contribution in [3.63, 3.8) is 0 Å². The molecule has 1 heterocycles. The molecule has 2 aliphatic rings. The minimum absolute atomic E-state index is 0.0244. The van der Waals surface area contributed by atoms with Gasteiger partial charge in [0.05, 0.1) is 17.6 Å². The number of para-hydroxylation sites is 1. The summed E-state index contributed by atoms with van der Waals surface area (Å²) in [6, 6.07) is 5.73. The average molecular weight is 257 g/mol. The van der Waals surface area contributed by atoms with Gasteiger partial charge >= 0.3 is 0 Å². The van der Waals surface area contributed by atoms with Crippen molar-refractivity contribution in [3.05, 3.63) is 54.4 Å². The van der Waals surface area contributed by atoms with Crippen molar-refractivity contribution in [3.8, 4) is 0 Å². The van der Waals surface area contributed by atoms with E-state index in [0.29, 0.717) is 0 Å². The van der Waals surface area contributed by atoms with Gasteiger partial charge < -0.3 is 5.73 Å². The second-order valence-electron chi connectivity index (χ2n) is 4.40. The highest BCUT2D eigenvalue weighted by molar-refractivity contribution is 6.18. The van der Waals surface area contributed by atoms with Gasteiger partial charge in [0.2, 0.25) is 11.9 Å². The smallest absolute Gasteiger partial charge is 0.243 e. The van der Waals surface area contributed by atoms with Gasteiger partial charge in [0.25, 0.3) is 0 Å². The van der Waals surface area contributed by atoms with E-state index in [2.05, 4.69) is 4.99 Å². The van der Waals surface area contributed by atoms with Gasteiger partial charge in [-0.15, -0.1) is 0 Å². The minimum atomic E-state index is -0.497. The van der Waals surface area contributed by atoms with Crippen molar-refractivity contribution in [2.45, 2.75) is 6.04 Å². The molecule has 2 atom stereocenters. The number of hydrogen-bond donors (Lipinski definition) is 1. The number of nitrogens with two attached hydrogens (primary N) is 1. The predicted molar refractivity (Wildman–Crippen MR) is 71.1 cm³/mol. The topological polar surface area (TPSA) is 58.7 Å². The van der Waals surface area contributed by atoms with Gasteiger partial charge in [-0.05, 0) is 12.1 Å². The third-order valence-corrected chi connectivity index (χ3v) is 3.22. The molecule has 1 aliphatic heterocycles. The first-order valence-electron chi connectivity index (χ1n) is 5.95. The van der Waals surface area contributed by atoms with Crippen LogP contribution in [0, 0.1) is 11.7 Å². The highest BCUT2D eigenvalue weighted by Gasteiger charge is 2.37. The highest BCUT2D eigenvalue weighted by atomic mass is 19.1. The van der Waals surface area contributed by atoms with Crippen LogP contribution in [-0.2, 0) is 4.79 Å². The molecule has 2 unspecified atom stereocenters. The van der Waals surface area contributed by atoms with Crippen LogP contribution in [0.15, 0.2) is 53.6 Å². The summed E-state index contributed by atoms with van der Waals surface area (Å²) in [5.41, 5.74) is 5.94. The number of rotatable bonds is 1. The Morgan fingerprint density at radius 1 is 1.21 bits per heavy atom. The van der Waals surface area contributed by atoms with Crippen molar-refractivity contribution in [1.82, 2.24) is 0 Å². The molecule has 0 radical (unpaired) electrons. The first-order valence-corrected chi connectivity index (χ1v) is 5.95. The molecule has 1 aromatic carbocycles. The summed E-state index contributed by atoms with van der Waals surface area (Å²) in [5.74, 6) is -1.15. The fourth-order valence-corrected chi connectivity index (χ4v) is 2.29. The Morgan fingerprint density at radius 3 is 2.74 bits per heavy atom. The molecule has 1 amide bonds. The van der Waals surface area contributed by atoms with E-state index in [-0.39, 0.29) is 23.6 Å². The number of hydrogen-bond acceptors (Lipinski definition) is 3. The lowest BCUT2D eigenvalue weighted by atomic mass is 9.92. The predicted octanol–water partition coefficient (Wildman–Crippen LogP) is 1.60. The first-order chi connectivity index (χ1) is 9.18. The number of halogens is 1. The van der Waals surface area contributed by atoms with E-state index >= 15 is 0 Å². The molecule has 1 aromatic rings. The van der Waals surface area contributed by atoms with Crippen molar-refractivity contribution in [2.75, 3.05) is 4.90 Å². The second-order valence-corrected chi connectivity index (χ2v) is 4.40. The zero-order valence-corrected chi connectivity index (χ0v) is 10.0. The Bertz CT molecular complexity index is 621. The summed E-state index contributed by atoms with van der Waals surface area (Å²) in [7, 11) is 0. The molecular weight excluding hydrogens is 245 g/mol. The molecule has 96 valence electrons. The van der Waals surface area contributed by atoms with E-state index in [1.807, 2.05) is 12.2 Å². The van der Waals surface area contributed by atoms with E-state index in [0.717, 1.165) is 4.90 Å². The second kappa shape index (κ2) is 4.35. The quantitative estimate of drug-likeness (QED) is 0.830. The third-order valence-electron chi connectivity index (χ3n) is 3.22. The van der Waals surface area contributed by atoms with E-state index in [4.69, 9.17) is 5.73 Å². The Balaban J connectivity index is 2.07. The number of amides is 1. The summed E-state index contributed by atoms with van der Waals surface area (Å²) in [4.78, 5) is 17.8. The summed E-state index contributed by atoms with van der Waals surface area (Å²) in [5, 5.41) is 0. The molecule has 5 heteroatoms. The Morgan fingerprint density at radius 2 is 1.95 bits per heavy atom. The number of aliphatic imine (C=N–C) groups is 1.